The van der Waals surface area contributed by atoms with Crippen LogP contribution in [-0.4, -0.2) is 88.7 Å². The fourth-order valence-electron chi connectivity index (χ4n) is 10.5. The topological polar surface area (TPSA) is 239 Å². The number of hydrogen-bond acceptors (Lipinski definition) is 10. The number of pyridine rings is 2. The summed E-state index contributed by atoms with van der Waals surface area (Å²) >= 11 is 0. The molecule has 0 bridgehead atoms. The molecule has 0 radical (unpaired) electrons. The van der Waals surface area contributed by atoms with Crippen molar-refractivity contribution < 1.29 is 35.0 Å². The van der Waals surface area contributed by atoms with E-state index in [1.165, 1.54) is 0 Å². The normalized spacial score (nSPS) is 12.9. The third-order valence-electron chi connectivity index (χ3n) is 15.0. The van der Waals surface area contributed by atoms with Gasteiger partial charge in [-0.25, -0.2) is 5.06 Å². The molecule has 410 valence electrons. The van der Waals surface area contributed by atoms with Crippen molar-refractivity contribution in [3.05, 3.63) is 234 Å². The van der Waals surface area contributed by atoms with Crippen LogP contribution in [0.2, 0.25) is 0 Å². The summed E-state index contributed by atoms with van der Waals surface area (Å²) in [6, 6.07) is 53.2. The summed E-state index contributed by atoms with van der Waals surface area (Å²) < 4.78 is 0. The van der Waals surface area contributed by atoms with Crippen LogP contribution in [0.1, 0.15) is 116 Å². The number of para-hydroxylation sites is 2. The largest absolute Gasteiger partial charge is 0.396 e. The van der Waals surface area contributed by atoms with Crippen molar-refractivity contribution in [1.82, 2.24) is 20.3 Å². The van der Waals surface area contributed by atoms with Crippen molar-refractivity contribution in [2.24, 2.45) is 0 Å². The number of aromatic nitrogens is 2. The van der Waals surface area contributed by atoms with Gasteiger partial charge in [0.05, 0.1) is 22.5 Å². The van der Waals surface area contributed by atoms with Crippen molar-refractivity contribution in [1.29, 1.82) is 0 Å². The van der Waals surface area contributed by atoms with Crippen molar-refractivity contribution in [2.45, 2.75) is 95.2 Å². The van der Waals surface area contributed by atoms with Gasteiger partial charge in [0, 0.05) is 99.7 Å². The zero-order valence-corrected chi connectivity index (χ0v) is 45.4. The standard InChI is InChI=1S/C26H26N2O4.C26H26N2O3.C12H17NO3/c1-26(2,21(14-15-29)17-8-4-3-5-9-17)28(32)25(31)18-12-13-20-23(16-18)27-22-11-7-6-10-19(22)24(20)30;1-26(2,21(14-15-29)17-8-4-3-5-9-17)28-25(31)18-12-13-20-23(16-18)27-22-11-7-6-10-19(22)24(20)30;1-12(2,13(15)16)11(8-9-14)10-6-4-3-5-7-10/h3-13,16,21,29,32H,14-15H2,1-2H3,(H,27,30);3-13,16,21,29H,14-15H2,1-2H3,(H,27,30)(H,28,31);3-7,11,14H,8-9H2,1-2H3. The number of aliphatic hydroxyl groups is 3. The first-order chi connectivity index (χ1) is 37.7. The van der Waals surface area contributed by atoms with Crippen LogP contribution in [0.15, 0.2) is 186 Å². The maximum absolute atomic E-state index is 13.2. The van der Waals surface area contributed by atoms with Gasteiger partial charge in [-0.05, 0) is 124 Å². The highest BCUT2D eigenvalue weighted by Crippen LogP contribution is 2.37. The number of fused-ring (bicyclic) bond motifs is 4. The fraction of sp³-hybridized carbons (Fsp3) is 0.281. The Balaban J connectivity index is 0.000000181. The number of H-pyrrole nitrogens is 2. The Bertz CT molecular complexity index is 3680. The first-order valence-electron chi connectivity index (χ1n) is 26.3. The Morgan fingerprint density at radius 3 is 1.34 bits per heavy atom. The number of aliphatic hydroxyl groups excluding tert-OH is 3. The number of benzene rings is 7. The van der Waals surface area contributed by atoms with E-state index in [0.29, 0.717) is 62.9 Å². The molecule has 2 aromatic heterocycles. The summed E-state index contributed by atoms with van der Waals surface area (Å²) in [6.07, 6.45) is 1.32. The van der Waals surface area contributed by atoms with Crippen LogP contribution >= 0.6 is 0 Å². The molecule has 7 N–H and O–H groups in total. The van der Waals surface area contributed by atoms with Gasteiger partial charge in [-0.1, -0.05) is 115 Å². The minimum Gasteiger partial charge on any atom is -0.396 e. The third kappa shape index (κ3) is 13.2. The average molecular weight is 1070 g/mol. The molecular formula is C64H69N5O10. The summed E-state index contributed by atoms with van der Waals surface area (Å²) in [6.45, 7) is 10.6. The Kier molecular flexibility index (Phi) is 18.8. The molecule has 0 saturated heterocycles. The second kappa shape index (κ2) is 25.4. The van der Waals surface area contributed by atoms with E-state index in [9.17, 15) is 44.7 Å². The first-order valence-corrected chi connectivity index (χ1v) is 26.3. The lowest BCUT2D eigenvalue weighted by atomic mass is 9.79. The van der Waals surface area contributed by atoms with Crippen LogP contribution < -0.4 is 16.2 Å². The lowest BCUT2D eigenvalue weighted by Crippen LogP contribution is -2.50. The van der Waals surface area contributed by atoms with E-state index in [0.717, 1.165) is 27.3 Å². The molecule has 0 spiro atoms. The van der Waals surface area contributed by atoms with Gasteiger partial charge in [0.25, 0.3) is 11.8 Å². The molecule has 2 heterocycles. The summed E-state index contributed by atoms with van der Waals surface area (Å²) in [7, 11) is 0. The molecule has 15 nitrogen and oxygen atoms in total. The second-order valence-electron chi connectivity index (χ2n) is 21.3. The fourth-order valence-corrected chi connectivity index (χ4v) is 10.5. The monoisotopic (exact) mass is 1070 g/mol. The van der Waals surface area contributed by atoms with Gasteiger partial charge < -0.3 is 30.6 Å². The van der Waals surface area contributed by atoms with Crippen LogP contribution in [0.5, 0.6) is 0 Å². The Morgan fingerprint density at radius 2 is 0.886 bits per heavy atom. The van der Waals surface area contributed by atoms with Gasteiger partial charge >= 0.3 is 0 Å². The van der Waals surface area contributed by atoms with Gasteiger partial charge in [0.2, 0.25) is 5.54 Å². The quantitative estimate of drug-likeness (QED) is 0.0197. The number of aromatic amines is 2. The SMILES string of the molecule is CC(C)(C(CCO)c1ccccc1)N(O)C(=O)c1ccc2c(=O)c3ccccc3[nH]c2c1.CC(C)(C(CCO)c1ccccc1)[N+](=O)[O-].CC(C)(NC(=O)c1ccc2c(=O)c3ccccc3[nH]c2c1)C(CCO)c1ccccc1. The summed E-state index contributed by atoms with van der Waals surface area (Å²) in [5.74, 6) is -1.41. The molecule has 0 aliphatic heterocycles. The van der Waals surface area contributed by atoms with E-state index in [-0.39, 0.29) is 64.8 Å². The van der Waals surface area contributed by atoms with Gasteiger partial charge in [-0.15, -0.1) is 0 Å². The number of nitro groups is 1. The van der Waals surface area contributed by atoms with Gasteiger partial charge in [0.1, 0.15) is 0 Å². The lowest BCUT2D eigenvalue weighted by molar-refractivity contribution is -0.565. The maximum atomic E-state index is 13.2. The summed E-state index contributed by atoms with van der Waals surface area (Å²) in [5, 5.41) is 56.4. The summed E-state index contributed by atoms with van der Waals surface area (Å²) in [4.78, 5) is 69.2. The predicted molar refractivity (Wildman–Crippen MR) is 311 cm³/mol. The number of nitrogens with one attached hydrogen (secondary N) is 3. The van der Waals surface area contributed by atoms with E-state index < -0.39 is 22.5 Å². The van der Waals surface area contributed by atoms with E-state index in [1.54, 1.807) is 76.2 Å². The van der Waals surface area contributed by atoms with Gasteiger partial charge in [0.15, 0.2) is 10.9 Å². The molecule has 0 saturated carbocycles. The second-order valence-corrected chi connectivity index (χ2v) is 21.3. The van der Waals surface area contributed by atoms with E-state index >= 15 is 0 Å². The maximum Gasteiger partial charge on any atom is 0.277 e. The predicted octanol–water partition coefficient (Wildman–Crippen LogP) is 11.0. The molecule has 3 unspecified atom stereocenters. The molecule has 0 aliphatic rings. The van der Waals surface area contributed by atoms with Crippen LogP contribution in [-0.2, 0) is 0 Å². The molecule has 79 heavy (non-hydrogen) atoms. The van der Waals surface area contributed by atoms with Gasteiger partial charge in [-0.2, -0.15) is 0 Å². The van der Waals surface area contributed by atoms with Crippen molar-refractivity contribution in [3.8, 4) is 0 Å². The smallest absolute Gasteiger partial charge is 0.277 e. The lowest BCUT2D eigenvalue weighted by Gasteiger charge is -2.40. The van der Waals surface area contributed by atoms with E-state index in [1.807, 2.05) is 141 Å². The number of rotatable bonds is 17. The van der Waals surface area contributed by atoms with Crippen molar-refractivity contribution >= 4 is 55.4 Å². The van der Waals surface area contributed by atoms with Crippen molar-refractivity contribution in [3.63, 3.8) is 0 Å². The van der Waals surface area contributed by atoms with Crippen LogP contribution in [0, 0.1) is 10.1 Å². The molecule has 7 aromatic carbocycles. The average Bonchev–Trinajstić information content (AvgIpc) is 3.50. The third-order valence-corrected chi connectivity index (χ3v) is 15.0. The highest BCUT2D eigenvalue weighted by Gasteiger charge is 2.42. The molecule has 15 heteroatoms. The molecule has 9 rings (SSSR count). The number of carbonyl (C=O) groups is 2. The zero-order valence-electron chi connectivity index (χ0n) is 45.4. The Morgan fingerprint density at radius 1 is 0.519 bits per heavy atom. The highest BCUT2D eigenvalue weighted by atomic mass is 16.6. The first kappa shape index (κ1) is 58.3. The van der Waals surface area contributed by atoms with Crippen LogP contribution in [0.25, 0.3) is 43.6 Å². The number of hydrogen-bond donors (Lipinski definition) is 7. The molecule has 0 fully saturated rings. The van der Waals surface area contributed by atoms with E-state index in [2.05, 4.69) is 15.3 Å². The molecule has 3 atom stereocenters. The Labute approximate surface area is 458 Å². The minimum atomic E-state index is -1.07. The van der Waals surface area contributed by atoms with Crippen LogP contribution in [0.3, 0.4) is 0 Å². The highest BCUT2D eigenvalue weighted by molar-refractivity contribution is 6.01. The molecular weight excluding hydrogens is 999 g/mol. The summed E-state index contributed by atoms with van der Waals surface area (Å²) in [5.41, 5.74) is 3.39. The molecule has 2 amide bonds. The number of nitrogens with zero attached hydrogens (tertiary/aromatic N) is 2. The van der Waals surface area contributed by atoms with Crippen LogP contribution in [0.4, 0.5) is 0 Å². The Hall–Kier alpha value is -8.34. The number of amides is 2. The van der Waals surface area contributed by atoms with E-state index in [4.69, 9.17) is 5.11 Å². The molecule has 0 aliphatic carbocycles. The zero-order chi connectivity index (χ0) is 57.1. The minimum absolute atomic E-state index is 0.0309. The number of carbonyl (C=O) groups excluding carboxylic acids is 2. The van der Waals surface area contributed by atoms with Crippen molar-refractivity contribution in [2.75, 3.05) is 19.8 Å². The van der Waals surface area contributed by atoms with Gasteiger partial charge in [-0.3, -0.25) is 34.5 Å². The number of hydroxylamine groups is 2. The molecule has 9 aromatic rings.